The first-order chi connectivity index (χ1) is 29.5. The largest absolute Gasteiger partial charge is 0.435 e. The van der Waals surface area contributed by atoms with Gasteiger partial charge in [-0.15, -0.1) is 0 Å². The zero-order valence-electron chi connectivity index (χ0n) is 33.3. The van der Waals surface area contributed by atoms with Crippen LogP contribution >= 0.6 is 0 Å². The summed E-state index contributed by atoms with van der Waals surface area (Å²) in [7, 11) is 0. The van der Waals surface area contributed by atoms with E-state index in [2.05, 4.69) is 187 Å². The topological polar surface area (TPSA) is 34.2 Å². The molecular weight excluding hydrogens is 731 g/mol. The lowest BCUT2D eigenvalue weighted by atomic mass is 9.82. The molecule has 0 N–H and O–H groups in total. The molecule has 0 saturated heterocycles. The monoisotopic (exact) mass is 769 g/mol. The van der Waals surface area contributed by atoms with Gasteiger partial charge in [0, 0.05) is 49.6 Å². The van der Waals surface area contributed by atoms with Gasteiger partial charge in [-0.05, 0) is 88.3 Å². The Morgan fingerprint density at radius 1 is 0.483 bits per heavy atom. The Balaban J connectivity index is 1.18. The van der Waals surface area contributed by atoms with E-state index < -0.39 is 0 Å². The Morgan fingerprint density at radius 2 is 1.13 bits per heavy atom. The maximum atomic E-state index is 6.70. The molecule has 0 saturated carbocycles. The van der Waals surface area contributed by atoms with Gasteiger partial charge in [0.05, 0.1) is 22.4 Å². The highest BCUT2D eigenvalue weighted by Gasteiger charge is 2.36. The SMILES string of the molecule is CC1(C)c2ccccc2-c2cc(N(c3ccccc3-c3cccc4nc(-c5ccccc5)oc34)c3cc4c(c5ccccc35)c3ccccc3n4-c3ccccc3)ccc21. The first-order valence-corrected chi connectivity index (χ1v) is 20.6. The van der Waals surface area contributed by atoms with E-state index in [9.17, 15) is 0 Å². The molecule has 60 heavy (non-hydrogen) atoms. The second-order valence-electron chi connectivity index (χ2n) is 16.3. The number of anilines is 3. The van der Waals surface area contributed by atoms with Crippen molar-refractivity contribution in [2.45, 2.75) is 19.3 Å². The molecule has 0 atom stereocenters. The summed E-state index contributed by atoms with van der Waals surface area (Å²) in [6.07, 6.45) is 0. The molecule has 0 radical (unpaired) electrons. The maximum absolute atomic E-state index is 6.70. The highest BCUT2D eigenvalue weighted by Crippen LogP contribution is 2.53. The highest BCUT2D eigenvalue weighted by molar-refractivity contribution is 6.25. The van der Waals surface area contributed by atoms with Crippen molar-refractivity contribution in [1.29, 1.82) is 0 Å². The average Bonchev–Trinajstić information content (AvgIpc) is 3.96. The zero-order valence-corrected chi connectivity index (χ0v) is 33.3. The summed E-state index contributed by atoms with van der Waals surface area (Å²) in [5, 5.41) is 4.84. The van der Waals surface area contributed by atoms with Gasteiger partial charge in [0.25, 0.3) is 0 Å². The van der Waals surface area contributed by atoms with Gasteiger partial charge in [-0.2, -0.15) is 0 Å². The van der Waals surface area contributed by atoms with Crippen molar-refractivity contribution in [1.82, 2.24) is 9.55 Å². The third-order valence-corrected chi connectivity index (χ3v) is 12.6. The van der Waals surface area contributed by atoms with Crippen LogP contribution < -0.4 is 4.90 Å². The second kappa shape index (κ2) is 13.2. The predicted octanol–water partition coefficient (Wildman–Crippen LogP) is 15.2. The molecule has 284 valence electrons. The summed E-state index contributed by atoms with van der Waals surface area (Å²) in [5.41, 5.74) is 16.4. The number of benzene rings is 9. The van der Waals surface area contributed by atoms with Crippen LogP contribution in [0.25, 0.3) is 83.1 Å². The van der Waals surface area contributed by atoms with Gasteiger partial charge in [-0.1, -0.05) is 153 Å². The van der Waals surface area contributed by atoms with Gasteiger partial charge in [0.2, 0.25) is 5.89 Å². The van der Waals surface area contributed by atoms with Gasteiger partial charge in [-0.3, -0.25) is 0 Å². The highest BCUT2D eigenvalue weighted by atomic mass is 16.3. The Morgan fingerprint density at radius 3 is 1.97 bits per heavy atom. The maximum Gasteiger partial charge on any atom is 0.227 e. The lowest BCUT2D eigenvalue weighted by Crippen LogP contribution is -2.15. The molecule has 4 nitrogen and oxygen atoms in total. The molecule has 2 heterocycles. The Labute approximate surface area is 348 Å². The Bertz CT molecular complexity index is 3470. The minimum absolute atomic E-state index is 0.117. The lowest BCUT2D eigenvalue weighted by molar-refractivity contribution is 0.621. The fourth-order valence-electron chi connectivity index (χ4n) is 9.87. The predicted molar refractivity (Wildman–Crippen MR) is 249 cm³/mol. The van der Waals surface area contributed by atoms with Crippen molar-refractivity contribution in [3.8, 4) is 39.4 Å². The average molecular weight is 770 g/mol. The van der Waals surface area contributed by atoms with Gasteiger partial charge in [-0.25, -0.2) is 4.98 Å². The van der Waals surface area contributed by atoms with Crippen LogP contribution in [-0.2, 0) is 5.41 Å². The van der Waals surface area contributed by atoms with E-state index in [4.69, 9.17) is 9.40 Å². The van der Waals surface area contributed by atoms with Gasteiger partial charge in [0.15, 0.2) is 5.58 Å². The number of fused-ring (bicyclic) bond motifs is 9. The number of hydrogen-bond donors (Lipinski definition) is 0. The number of rotatable bonds is 6. The van der Waals surface area contributed by atoms with Crippen LogP contribution in [0.4, 0.5) is 17.1 Å². The van der Waals surface area contributed by atoms with Gasteiger partial charge in [0.1, 0.15) is 5.52 Å². The van der Waals surface area contributed by atoms with Crippen molar-refractivity contribution in [3.05, 3.63) is 211 Å². The summed E-state index contributed by atoms with van der Waals surface area (Å²) in [6.45, 7) is 4.69. The molecular formula is C56H39N3O. The summed E-state index contributed by atoms with van der Waals surface area (Å²) in [5.74, 6) is 0.609. The van der Waals surface area contributed by atoms with E-state index in [1.54, 1.807) is 0 Å². The van der Waals surface area contributed by atoms with Crippen LogP contribution in [0.15, 0.2) is 205 Å². The molecule has 0 unspecified atom stereocenters. The molecule has 1 aliphatic carbocycles. The van der Waals surface area contributed by atoms with E-state index in [-0.39, 0.29) is 5.41 Å². The first kappa shape index (κ1) is 34.4. The number of nitrogens with zero attached hydrogens (tertiary/aromatic N) is 3. The fourth-order valence-corrected chi connectivity index (χ4v) is 9.87. The van der Waals surface area contributed by atoms with Crippen molar-refractivity contribution < 1.29 is 4.42 Å². The van der Waals surface area contributed by atoms with Crippen LogP contribution in [0.1, 0.15) is 25.0 Å². The second-order valence-corrected chi connectivity index (χ2v) is 16.3. The normalized spacial score (nSPS) is 13.0. The molecule has 0 bridgehead atoms. The van der Waals surface area contributed by atoms with Crippen molar-refractivity contribution in [3.63, 3.8) is 0 Å². The minimum Gasteiger partial charge on any atom is -0.435 e. The van der Waals surface area contributed by atoms with Crippen LogP contribution in [0, 0.1) is 0 Å². The third kappa shape index (κ3) is 5.07. The van der Waals surface area contributed by atoms with Crippen molar-refractivity contribution in [2.24, 2.45) is 0 Å². The van der Waals surface area contributed by atoms with E-state index in [1.165, 1.54) is 49.3 Å². The fraction of sp³-hybridized carbons (Fsp3) is 0.0536. The number of hydrogen-bond acceptors (Lipinski definition) is 3. The minimum atomic E-state index is -0.117. The third-order valence-electron chi connectivity index (χ3n) is 12.6. The Hall–Kier alpha value is -7.69. The molecule has 2 aromatic heterocycles. The standard InChI is InChI=1S/C56H39N3O/c1-56(2)46-28-14-11-22-39(46)45-34-38(32-33-47(45)56)59(49-30-15-12-24-41(49)43-27-17-29-48-54(43)60-55(57-48)36-18-5-3-6-19-36)51-35-52-53(42-25-10-9-23-40(42)51)44-26-13-16-31-50(44)58(52)37-20-7-4-8-21-37/h3-35H,1-2H3. The van der Waals surface area contributed by atoms with Crippen molar-refractivity contribution in [2.75, 3.05) is 4.90 Å². The molecule has 9 aromatic carbocycles. The lowest BCUT2D eigenvalue weighted by Gasteiger charge is -2.30. The van der Waals surface area contributed by atoms with Crippen LogP contribution in [0.5, 0.6) is 0 Å². The molecule has 12 rings (SSSR count). The number of para-hydroxylation sites is 4. The summed E-state index contributed by atoms with van der Waals surface area (Å²) in [4.78, 5) is 7.46. The molecule has 0 aliphatic heterocycles. The van der Waals surface area contributed by atoms with Gasteiger partial charge < -0.3 is 13.9 Å². The smallest absolute Gasteiger partial charge is 0.227 e. The number of oxazole rings is 1. The molecule has 0 spiro atoms. The molecule has 11 aromatic rings. The quantitative estimate of drug-likeness (QED) is 0.169. The first-order valence-electron chi connectivity index (χ1n) is 20.6. The summed E-state index contributed by atoms with van der Waals surface area (Å²) >= 11 is 0. The molecule has 0 amide bonds. The Kier molecular flexibility index (Phi) is 7.54. The van der Waals surface area contributed by atoms with E-state index in [0.717, 1.165) is 56.1 Å². The van der Waals surface area contributed by atoms with Crippen LogP contribution in [0.3, 0.4) is 0 Å². The van der Waals surface area contributed by atoms with E-state index in [0.29, 0.717) is 5.89 Å². The van der Waals surface area contributed by atoms with Crippen LogP contribution in [-0.4, -0.2) is 9.55 Å². The molecule has 4 heteroatoms. The number of aromatic nitrogens is 2. The van der Waals surface area contributed by atoms with Crippen molar-refractivity contribution >= 4 is 60.7 Å². The van der Waals surface area contributed by atoms with Crippen LogP contribution in [0.2, 0.25) is 0 Å². The van der Waals surface area contributed by atoms with E-state index in [1.807, 2.05) is 36.4 Å². The molecule has 0 fully saturated rings. The van der Waals surface area contributed by atoms with E-state index >= 15 is 0 Å². The summed E-state index contributed by atoms with van der Waals surface area (Å²) < 4.78 is 9.12. The summed E-state index contributed by atoms with van der Waals surface area (Å²) in [6, 6.07) is 72.0. The van der Waals surface area contributed by atoms with Gasteiger partial charge >= 0.3 is 0 Å². The zero-order chi connectivity index (χ0) is 40.0. The molecule has 1 aliphatic rings.